The van der Waals surface area contributed by atoms with Crippen LogP contribution in [-0.2, 0) is 4.79 Å². The number of benzene rings is 1. The highest BCUT2D eigenvalue weighted by Crippen LogP contribution is 2.39. The van der Waals surface area contributed by atoms with E-state index in [0.717, 1.165) is 0 Å². The fraction of sp³-hybridized carbons (Fsp3) is 0.200. The monoisotopic (exact) mass is 500 g/mol. The quantitative estimate of drug-likeness (QED) is 0.329. The van der Waals surface area contributed by atoms with Crippen LogP contribution in [0.1, 0.15) is 40.0 Å². The summed E-state index contributed by atoms with van der Waals surface area (Å²) in [4.78, 5) is 54.4. The van der Waals surface area contributed by atoms with Gasteiger partial charge in [-0.05, 0) is 29.3 Å². The Kier molecular flexibility index (Phi) is 5.04. The highest BCUT2D eigenvalue weighted by molar-refractivity contribution is 5.75. The summed E-state index contributed by atoms with van der Waals surface area (Å²) in [7, 11) is 0. The summed E-state index contributed by atoms with van der Waals surface area (Å²) >= 11 is 0. The molecule has 1 aromatic carbocycles. The van der Waals surface area contributed by atoms with Gasteiger partial charge in [0.05, 0.1) is 17.5 Å². The molecule has 4 heterocycles. The number of H-pyrrole nitrogens is 1. The molecule has 3 aromatic heterocycles. The summed E-state index contributed by atoms with van der Waals surface area (Å²) in [6, 6.07) is 6.33. The number of carboxylic acids is 1. The zero-order chi connectivity index (χ0) is 25.8. The van der Waals surface area contributed by atoms with E-state index in [9.17, 15) is 19.5 Å². The van der Waals surface area contributed by atoms with Gasteiger partial charge in [0, 0.05) is 44.0 Å². The van der Waals surface area contributed by atoms with Gasteiger partial charge in [-0.3, -0.25) is 19.1 Å². The second-order valence-corrected chi connectivity index (χ2v) is 8.93. The van der Waals surface area contributed by atoms with Crippen LogP contribution in [-0.4, -0.2) is 53.8 Å². The minimum absolute atomic E-state index is 0.0633. The molecule has 3 N–H and O–H groups in total. The van der Waals surface area contributed by atoms with E-state index in [-0.39, 0.29) is 36.2 Å². The number of rotatable bonds is 4. The van der Waals surface area contributed by atoms with Gasteiger partial charge in [0.1, 0.15) is 11.6 Å². The predicted octanol–water partition coefficient (Wildman–Crippen LogP) is 1.50. The van der Waals surface area contributed by atoms with Crippen molar-refractivity contribution in [3.63, 3.8) is 0 Å². The number of nitrogens with zero attached hydrogens (tertiary/aromatic N) is 5. The van der Waals surface area contributed by atoms with Crippen molar-refractivity contribution in [2.75, 3.05) is 18.0 Å². The number of phenols is 1. The van der Waals surface area contributed by atoms with E-state index in [2.05, 4.69) is 19.9 Å². The molecule has 0 saturated carbocycles. The number of hydrogen-bond donors (Lipinski definition) is 3. The molecule has 2 aliphatic rings. The molecule has 12 heteroatoms. The normalized spacial score (nSPS) is 16.6. The lowest BCUT2D eigenvalue weighted by molar-refractivity contribution is -0.142. The molecule has 186 valence electrons. The number of nitrogens with one attached hydrogen (secondary N) is 1. The van der Waals surface area contributed by atoms with Crippen molar-refractivity contribution in [1.29, 1.82) is 0 Å². The zero-order valence-corrected chi connectivity index (χ0v) is 19.5. The molecule has 0 amide bonds. The minimum Gasteiger partial charge on any atom is -0.508 e. The number of anilines is 1. The first-order chi connectivity index (χ1) is 17.8. The molecule has 0 radical (unpaired) electrons. The van der Waals surface area contributed by atoms with Crippen LogP contribution < -0.4 is 16.1 Å². The number of aromatic nitrogens is 5. The summed E-state index contributed by atoms with van der Waals surface area (Å²) in [5.41, 5.74) is 0.792. The van der Waals surface area contributed by atoms with Gasteiger partial charge in [0.15, 0.2) is 11.7 Å². The van der Waals surface area contributed by atoms with Crippen molar-refractivity contribution in [2.24, 2.45) is 5.92 Å². The third kappa shape index (κ3) is 3.78. The number of hydrogen-bond acceptors (Lipinski definition) is 9. The number of aryl methyl sites for hydroxylation is 1. The third-order valence-electron chi connectivity index (χ3n) is 6.53. The van der Waals surface area contributed by atoms with Crippen molar-refractivity contribution >= 4 is 24.1 Å². The van der Waals surface area contributed by atoms with Gasteiger partial charge < -0.3 is 19.5 Å². The highest BCUT2D eigenvalue weighted by atomic mass is 16.4. The van der Waals surface area contributed by atoms with Gasteiger partial charge in [-0.15, -0.1) is 0 Å². The molecule has 1 unspecified atom stereocenters. The number of phenolic OH excluding ortho intramolecular Hbond substituents is 1. The number of aliphatic carboxylic acids is 1. The summed E-state index contributed by atoms with van der Waals surface area (Å²) in [6.45, 7) is 2.23. The lowest BCUT2D eigenvalue weighted by Gasteiger charge is -2.36. The number of carboxylic acid groups (broad SMARTS) is 1. The summed E-state index contributed by atoms with van der Waals surface area (Å²) in [5.74, 6) is -0.660. The number of aromatic amines is 1. The van der Waals surface area contributed by atoms with Gasteiger partial charge in [-0.2, -0.15) is 4.98 Å². The van der Waals surface area contributed by atoms with E-state index in [1.165, 1.54) is 29.1 Å². The van der Waals surface area contributed by atoms with Crippen LogP contribution in [0.4, 0.5) is 5.95 Å². The van der Waals surface area contributed by atoms with Crippen molar-refractivity contribution in [3.05, 3.63) is 91.5 Å². The first-order valence-electron chi connectivity index (χ1n) is 11.4. The average molecular weight is 500 g/mol. The molecular formula is C25H20N6O6. The molecule has 4 aromatic rings. The molecule has 1 aliphatic heterocycles. The largest absolute Gasteiger partial charge is 0.508 e. The summed E-state index contributed by atoms with van der Waals surface area (Å²) < 4.78 is 6.96. The molecule has 12 nitrogen and oxygen atoms in total. The van der Waals surface area contributed by atoms with Gasteiger partial charge >= 0.3 is 11.7 Å². The van der Waals surface area contributed by atoms with Crippen LogP contribution in [0.2, 0.25) is 0 Å². The molecular weight excluding hydrogens is 480 g/mol. The van der Waals surface area contributed by atoms with Crippen LogP contribution in [0, 0.1) is 12.8 Å². The van der Waals surface area contributed by atoms with Crippen LogP contribution in [0.15, 0.2) is 50.7 Å². The van der Waals surface area contributed by atoms with E-state index in [0.29, 0.717) is 28.5 Å². The van der Waals surface area contributed by atoms with Crippen LogP contribution >= 0.6 is 0 Å². The summed E-state index contributed by atoms with van der Waals surface area (Å²) in [5, 5.41) is 19.2. The number of fused-ring (bicyclic) bond motifs is 2. The molecule has 1 aliphatic carbocycles. The van der Waals surface area contributed by atoms with E-state index in [1.54, 1.807) is 36.1 Å². The van der Waals surface area contributed by atoms with Gasteiger partial charge in [0.2, 0.25) is 5.95 Å². The molecule has 0 bridgehead atoms. The van der Waals surface area contributed by atoms with Crippen LogP contribution in [0.25, 0.3) is 18.0 Å². The molecule has 1 atom stereocenters. The van der Waals surface area contributed by atoms with E-state index in [1.807, 2.05) is 0 Å². The number of carbonyl (C=O) groups is 1. The average Bonchev–Trinajstić information content (AvgIpc) is 3.12. The number of aromatic hydroxyl groups is 1. The Labute approximate surface area is 208 Å². The van der Waals surface area contributed by atoms with Crippen molar-refractivity contribution in [3.8, 4) is 11.6 Å². The predicted molar refractivity (Wildman–Crippen MR) is 131 cm³/mol. The molecule has 37 heavy (non-hydrogen) atoms. The SMILES string of the molecule is Cc1nc2c(o1)C=Cc1cc(O)ccc1C2c1cn(-c2ccnc(N3CC(C(=O)O)C3)n2)c(=O)[nH]c1=O. The second-order valence-electron chi connectivity index (χ2n) is 8.93. The molecule has 1 fully saturated rings. The lowest BCUT2D eigenvalue weighted by atomic mass is 9.87. The van der Waals surface area contributed by atoms with Crippen LogP contribution in [0.3, 0.4) is 0 Å². The van der Waals surface area contributed by atoms with E-state index in [4.69, 9.17) is 9.52 Å². The Morgan fingerprint density at radius 2 is 1.95 bits per heavy atom. The Hall–Kier alpha value is -5.00. The molecule has 0 spiro atoms. The Bertz CT molecular complexity index is 1710. The second kappa shape index (κ2) is 8.29. The molecule has 1 saturated heterocycles. The van der Waals surface area contributed by atoms with E-state index < -0.39 is 29.1 Å². The van der Waals surface area contributed by atoms with Gasteiger partial charge in [0.25, 0.3) is 5.56 Å². The fourth-order valence-corrected chi connectivity index (χ4v) is 4.67. The highest BCUT2D eigenvalue weighted by Gasteiger charge is 2.34. The topological polar surface area (TPSA) is 167 Å². The maximum atomic E-state index is 13.2. The van der Waals surface area contributed by atoms with Crippen molar-refractivity contribution in [2.45, 2.75) is 12.8 Å². The number of oxazole rings is 1. The lowest BCUT2D eigenvalue weighted by Crippen LogP contribution is -2.51. The Morgan fingerprint density at radius 3 is 2.73 bits per heavy atom. The van der Waals surface area contributed by atoms with E-state index >= 15 is 0 Å². The summed E-state index contributed by atoms with van der Waals surface area (Å²) in [6.07, 6.45) is 6.39. The van der Waals surface area contributed by atoms with Gasteiger partial charge in [-0.1, -0.05) is 12.1 Å². The Balaban J connectivity index is 1.48. The molecule has 6 rings (SSSR count). The Morgan fingerprint density at radius 1 is 1.14 bits per heavy atom. The minimum atomic E-state index is -0.886. The first kappa shape index (κ1) is 22.5. The standard InChI is InChI=1S/C25H20N6O6/c1-12-27-21-18(37-12)5-2-13-8-15(32)3-4-16(13)20(21)17-11-31(25(36)29-22(17)33)19-6-7-26-24(28-19)30-9-14(10-30)23(34)35/h2-8,11,14,20,32H,9-10H2,1H3,(H,34,35)(H,29,33,36). The third-order valence-corrected chi connectivity index (χ3v) is 6.53. The van der Waals surface area contributed by atoms with Gasteiger partial charge in [-0.25, -0.2) is 14.8 Å². The smallest absolute Gasteiger partial charge is 0.334 e. The van der Waals surface area contributed by atoms with Crippen molar-refractivity contribution in [1.82, 2.24) is 24.5 Å². The zero-order valence-electron chi connectivity index (χ0n) is 19.5. The maximum Gasteiger partial charge on any atom is 0.334 e. The van der Waals surface area contributed by atoms with Crippen molar-refractivity contribution < 1.29 is 19.4 Å². The first-order valence-corrected chi connectivity index (χ1v) is 11.4. The van der Waals surface area contributed by atoms with Crippen LogP contribution in [0.5, 0.6) is 5.75 Å². The fourth-order valence-electron chi connectivity index (χ4n) is 4.67. The maximum absolute atomic E-state index is 13.2.